The Morgan fingerprint density at radius 2 is 1.71 bits per heavy atom. The van der Waals surface area contributed by atoms with Crippen LogP contribution in [0.3, 0.4) is 0 Å². The molecule has 1 unspecified atom stereocenters. The second kappa shape index (κ2) is 9.68. The molecule has 1 aliphatic heterocycles. The first-order valence-electron chi connectivity index (χ1n) is 10.6. The van der Waals surface area contributed by atoms with Gasteiger partial charge in [-0.2, -0.15) is 0 Å². The first kappa shape index (κ1) is 24.1. The normalized spacial score (nSPS) is 13.4. The predicted octanol–water partition coefficient (Wildman–Crippen LogP) is 4.48. The van der Waals surface area contributed by atoms with Gasteiger partial charge in [0.2, 0.25) is 0 Å². The number of hydrogen-bond acceptors (Lipinski definition) is 5. The Balaban J connectivity index is 1.47. The van der Waals surface area contributed by atoms with Gasteiger partial charge in [0.25, 0.3) is 17.7 Å². The lowest BCUT2D eigenvalue weighted by Gasteiger charge is -2.21. The Labute approximate surface area is 205 Å². The van der Waals surface area contributed by atoms with Crippen LogP contribution in [0.2, 0.25) is 5.02 Å². The van der Waals surface area contributed by atoms with Crippen molar-refractivity contribution in [2.45, 2.75) is 19.6 Å². The molecule has 0 fully saturated rings. The average Bonchev–Trinajstić information content (AvgIpc) is 3.08. The average molecular weight is 495 g/mol. The standard InChI is InChI=1S/C26H20ClFN2O5/c1-15(23(31)29(2)14-16-6-5-7-18(28)12-16)35-26(34)17-10-11-19-20(13-17)25(33)30(24(19)32)22-9-4-3-8-21(22)27/h3-13,15H,14H2,1-2H3. The molecule has 3 aromatic rings. The molecule has 3 aromatic carbocycles. The van der Waals surface area contributed by atoms with Crippen molar-refractivity contribution < 1.29 is 28.3 Å². The maximum Gasteiger partial charge on any atom is 0.338 e. The van der Waals surface area contributed by atoms with E-state index in [0.29, 0.717) is 5.56 Å². The molecule has 3 amide bonds. The third-order valence-corrected chi connectivity index (χ3v) is 5.85. The van der Waals surface area contributed by atoms with Gasteiger partial charge in [-0.3, -0.25) is 14.4 Å². The zero-order chi connectivity index (χ0) is 25.3. The SMILES string of the molecule is CC(OC(=O)c1ccc2c(c1)C(=O)N(c1ccccc1Cl)C2=O)C(=O)N(C)Cc1cccc(F)c1. The highest BCUT2D eigenvalue weighted by Gasteiger charge is 2.38. The molecule has 0 aromatic heterocycles. The van der Waals surface area contributed by atoms with Gasteiger partial charge in [-0.1, -0.05) is 35.9 Å². The topological polar surface area (TPSA) is 84.0 Å². The molecule has 0 radical (unpaired) electrons. The van der Waals surface area contributed by atoms with Crippen LogP contribution in [0.4, 0.5) is 10.1 Å². The predicted molar refractivity (Wildman–Crippen MR) is 127 cm³/mol. The maximum atomic E-state index is 13.4. The van der Waals surface area contributed by atoms with E-state index in [9.17, 15) is 23.6 Å². The number of nitrogens with zero attached hydrogens (tertiary/aromatic N) is 2. The fraction of sp³-hybridized carbons (Fsp3) is 0.154. The van der Waals surface area contributed by atoms with Gasteiger partial charge in [0.15, 0.2) is 6.10 Å². The highest BCUT2D eigenvalue weighted by atomic mass is 35.5. The zero-order valence-corrected chi connectivity index (χ0v) is 19.6. The number of esters is 1. The minimum atomic E-state index is -1.13. The third kappa shape index (κ3) is 4.79. The summed E-state index contributed by atoms with van der Waals surface area (Å²) in [5.74, 6) is -2.91. The number of ether oxygens (including phenoxy) is 1. The molecule has 0 aliphatic carbocycles. The molecule has 7 nitrogen and oxygen atoms in total. The number of likely N-dealkylation sites (N-methyl/N-ethyl adjacent to an activating group) is 1. The van der Waals surface area contributed by atoms with E-state index >= 15 is 0 Å². The highest BCUT2D eigenvalue weighted by Crippen LogP contribution is 2.33. The number of para-hydroxylation sites is 1. The minimum absolute atomic E-state index is 0.0124. The van der Waals surface area contributed by atoms with Crippen molar-refractivity contribution in [3.05, 3.63) is 99.8 Å². The van der Waals surface area contributed by atoms with Crippen molar-refractivity contribution >= 4 is 41.0 Å². The van der Waals surface area contributed by atoms with Crippen LogP contribution in [0, 0.1) is 5.82 Å². The molecule has 0 bridgehead atoms. The van der Waals surface area contributed by atoms with E-state index in [4.69, 9.17) is 16.3 Å². The van der Waals surface area contributed by atoms with E-state index in [2.05, 4.69) is 0 Å². The summed E-state index contributed by atoms with van der Waals surface area (Å²) in [6.45, 7) is 1.55. The quantitative estimate of drug-likeness (QED) is 0.372. The number of anilines is 1. The van der Waals surface area contributed by atoms with Gasteiger partial charge in [-0.25, -0.2) is 14.1 Å². The van der Waals surface area contributed by atoms with E-state index in [-0.39, 0.29) is 33.9 Å². The van der Waals surface area contributed by atoms with Crippen LogP contribution in [0.25, 0.3) is 0 Å². The van der Waals surface area contributed by atoms with Crippen molar-refractivity contribution in [1.29, 1.82) is 0 Å². The lowest BCUT2D eigenvalue weighted by molar-refractivity contribution is -0.139. The van der Waals surface area contributed by atoms with Crippen LogP contribution in [0.5, 0.6) is 0 Å². The van der Waals surface area contributed by atoms with Gasteiger partial charge in [-0.05, 0) is 55.0 Å². The van der Waals surface area contributed by atoms with Gasteiger partial charge in [0.05, 0.1) is 27.4 Å². The van der Waals surface area contributed by atoms with Crippen LogP contribution < -0.4 is 4.90 Å². The first-order valence-corrected chi connectivity index (χ1v) is 11.0. The summed E-state index contributed by atoms with van der Waals surface area (Å²) in [6, 6.07) is 16.3. The van der Waals surface area contributed by atoms with Crippen molar-refractivity contribution in [1.82, 2.24) is 4.90 Å². The van der Waals surface area contributed by atoms with Gasteiger partial charge in [-0.15, -0.1) is 0 Å². The number of halogens is 2. The molecule has 0 N–H and O–H groups in total. The summed E-state index contributed by atoms with van der Waals surface area (Å²) in [5, 5.41) is 0.233. The van der Waals surface area contributed by atoms with Gasteiger partial charge >= 0.3 is 5.97 Å². The molecule has 1 aliphatic rings. The highest BCUT2D eigenvalue weighted by molar-refractivity contribution is 6.39. The monoisotopic (exact) mass is 494 g/mol. The van der Waals surface area contributed by atoms with Crippen LogP contribution in [0.1, 0.15) is 43.6 Å². The van der Waals surface area contributed by atoms with Gasteiger partial charge in [0.1, 0.15) is 5.82 Å². The third-order valence-electron chi connectivity index (χ3n) is 5.53. The molecule has 4 rings (SSSR count). The summed E-state index contributed by atoms with van der Waals surface area (Å²) in [6.07, 6.45) is -1.13. The van der Waals surface area contributed by atoms with E-state index in [1.165, 1.54) is 49.2 Å². The molecule has 1 atom stereocenters. The molecule has 0 saturated heterocycles. The maximum absolute atomic E-state index is 13.4. The minimum Gasteiger partial charge on any atom is -0.449 e. The Kier molecular flexibility index (Phi) is 6.66. The van der Waals surface area contributed by atoms with Crippen molar-refractivity contribution in [2.24, 2.45) is 0 Å². The summed E-state index contributed by atoms with van der Waals surface area (Å²) < 4.78 is 18.7. The fourth-order valence-electron chi connectivity index (χ4n) is 3.80. The molecule has 1 heterocycles. The lowest BCUT2D eigenvalue weighted by Crippen LogP contribution is -2.37. The number of fused-ring (bicyclic) bond motifs is 1. The molecule has 178 valence electrons. The second-order valence-electron chi connectivity index (χ2n) is 8.03. The Morgan fingerprint density at radius 3 is 2.43 bits per heavy atom. The fourth-order valence-corrected chi connectivity index (χ4v) is 4.02. The van der Waals surface area contributed by atoms with E-state index in [0.717, 1.165) is 4.90 Å². The molecular weight excluding hydrogens is 475 g/mol. The van der Waals surface area contributed by atoms with Crippen molar-refractivity contribution in [3.63, 3.8) is 0 Å². The molecule has 35 heavy (non-hydrogen) atoms. The van der Waals surface area contributed by atoms with Crippen molar-refractivity contribution in [2.75, 3.05) is 11.9 Å². The molecule has 0 spiro atoms. The lowest BCUT2D eigenvalue weighted by atomic mass is 10.1. The number of rotatable bonds is 6. The van der Waals surface area contributed by atoms with Crippen LogP contribution in [-0.2, 0) is 16.1 Å². The first-order chi connectivity index (χ1) is 16.7. The Bertz CT molecular complexity index is 1360. The molecule has 0 saturated carbocycles. The largest absolute Gasteiger partial charge is 0.449 e. The Hall–Kier alpha value is -4.04. The smallest absolute Gasteiger partial charge is 0.338 e. The van der Waals surface area contributed by atoms with E-state index < -0.39 is 35.6 Å². The number of hydrogen-bond donors (Lipinski definition) is 0. The number of carbonyl (C=O) groups excluding carboxylic acids is 4. The number of carbonyl (C=O) groups is 4. The van der Waals surface area contributed by atoms with Crippen LogP contribution in [-0.4, -0.2) is 41.7 Å². The number of amides is 3. The van der Waals surface area contributed by atoms with E-state index in [1.54, 1.807) is 36.4 Å². The van der Waals surface area contributed by atoms with Crippen molar-refractivity contribution in [3.8, 4) is 0 Å². The summed E-state index contributed by atoms with van der Waals surface area (Å²) in [7, 11) is 1.51. The molecular formula is C26H20ClFN2O5. The number of imide groups is 1. The van der Waals surface area contributed by atoms with Crippen LogP contribution in [0.15, 0.2) is 66.7 Å². The van der Waals surface area contributed by atoms with E-state index in [1.807, 2.05) is 0 Å². The summed E-state index contributed by atoms with van der Waals surface area (Å²) >= 11 is 6.16. The summed E-state index contributed by atoms with van der Waals surface area (Å²) in [5.41, 5.74) is 1.00. The molecule has 9 heteroatoms. The second-order valence-corrected chi connectivity index (χ2v) is 8.44. The summed E-state index contributed by atoms with van der Waals surface area (Å²) in [4.78, 5) is 53.4. The Morgan fingerprint density at radius 1 is 1.00 bits per heavy atom. The zero-order valence-electron chi connectivity index (χ0n) is 18.8. The van der Waals surface area contributed by atoms with Crippen LogP contribution >= 0.6 is 11.6 Å². The number of benzene rings is 3. The van der Waals surface area contributed by atoms with Gasteiger partial charge < -0.3 is 9.64 Å². The van der Waals surface area contributed by atoms with Gasteiger partial charge in [0, 0.05) is 13.6 Å².